The lowest BCUT2D eigenvalue weighted by atomic mass is 10.0. The summed E-state index contributed by atoms with van der Waals surface area (Å²) in [5.41, 5.74) is 3.26. The van der Waals surface area contributed by atoms with Crippen LogP contribution in [0, 0.1) is 0 Å². The molecular weight excluding hydrogens is 438 g/mol. The van der Waals surface area contributed by atoms with E-state index in [2.05, 4.69) is 17.7 Å². The summed E-state index contributed by atoms with van der Waals surface area (Å²) < 4.78 is 11.4. The second kappa shape index (κ2) is 8.88. The van der Waals surface area contributed by atoms with E-state index in [1.54, 1.807) is 41.7 Å². The quantitative estimate of drug-likeness (QED) is 0.400. The number of hydrogen-bond acceptors (Lipinski definition) is 6. The molecule has 0 spiro atoms. The Morgan fingerprint density at radius 3 is 2.76 bits per heavy atom. The Labute approximate surface area is 196 Å². The maximum absolute atomic E-state index is 13.0. The Morgan fingerprint density at radius 2 is 1.97 bits per heavy atom. The number of anilines is 1. The number of rotatable bonds is 5. The van der Waals surface area contributed by atoms with E-state index >= 15 is 0 Å². The molecule has 5 rings (SSSR count). The van der Waals surface area contributed by atoms with Gasteiger partial charge < -0.3 is 25.0 Å². The summed E-state index contributed by atoms with van der Waals surface area (Å²) in [7, 11) is 2.18. The van der Waals surface area contributed by atoms with E-state index in [4.69, 9.17) is 9.47 Å². The molecule has 8 heteroatoms. The van der Waals surface area contributed by atoms with E-state index in [0.29, 0.717) is 23.7 Å². The molecule has 0 fully saturated rings. The van der Waals surface area contributed by atoms with Crippen LogP contribution in [0.25, 0.3) is 0 Å². The first-order valence-corrected chi connectivity index (χ1v) is 11.9. The molecule has 170 valence electrons. The molecule has 3 N–H and O–H groups in total. The number of benzene rings is 2. The number of esters is 1. The zero-order valence-electron chi connectivity index (χ0n) is 18.6. The van der Waals surface area contributed by atoms with E-state index in [-0.39, 0.29) is 5.91 Å². The number of thiophene rings is 1. The van der Waals surface area contributed by atoms with Crippen LogP contribution in [0.5, 0.6) is 11.5 Å². The SMILES string of the molecule is CCOc1cc([C@H]2NC(=O)c3c(sc4c3CC[NH+](C)C4)N2)ccc1OC(=O)c1ccccc1. The molecular formula is C25H26N3O4S+. The third-order valence-corrected chi connectivity index (χ3v) is 7.11. The van der Waals surface area contributed by atoms with Gasteiger partial charge in [0.15, 0.2) is 11.5 Å². The fourth-order valence-corrected chi connectivity index (χ4v) is 5.68. The molecule has 0 radical (unpaired) electrons. The summed E-state index contributed by atoms with van der Waals surface area (Å²) in [4.78, 5) is 28.3. The Morgan fingerprint density at radius 1 is 1.15 bits per heavy atom. The Balaban J connectivity index is 1.40. The molecule has 1 amide bonds. The first-order chi connectivity index (χ1) is 16.0. The van der Waals surface area contributed by atoms with Gasteiger partial charge in [-0.25, -0.2) is 4.79 Å². The van der Waals surface area contributed by atoms with E-state index in [1.165, 1.54) is 15.3 Å². The molecule has 0 saturated heterocycles. The predicted molar refractivity (Wildman–Crippen MR) is 126 cm³/mol. The van der Waals surface area contributed by atoms with Crippen molar-refractivity contribution in [1.29, 1.82) is 0 Å². The summed E-state index contributed by atoms with van der Waals surface area (Å²) in [6.45, 7) is 4.27. The predicted octanol–water partition coefficient (Wildman–Crippen LogP) is 2.79. The average molecular weight is 465 g/mol. The Hall–Kier alpha value is -3.36. The molecule has 2 atom stereocenters. The highest BCUT2D eigenvalue weighted by Gasteiger charge is 2.34. The number of likely N-dealkylation sites (N-methyl/N-ethyl adjacent to an activating group) is 1. The maximum Gasteiger partial charge on any atom is 0.343 e. The number of nitrogens with one attached hydrogen (secondary N) is 3. The lowest BCUT2D eigenvalue weighted by Crippen LogP contribution is -3.08. The van der Waals surface area contributed by atoms with Crippen molar-refractivity contribution in [2.45, 2.75) is 26.1 Å². The molecule has 3 heterocycles. The van der Waals surface area contributed by atoms with Gasteiger partial charge in [-0.05, 0) is 42.3 Å². The van der Waals surface area contributed by atoms with Crippen molar-refractivity contribution in [3.8, 4) is 11.5 Å². The molecule has 1 unspecified atom stereocenters. The van der Waals surface area contributed by atoms with Gasteiger partial charge in [-0.1, -0.05) is 24.3 Å². The highest BCUT2D eigenvalue weighted by molar-refractivity contribution is 7.16. The molecule has 2 aliphatic rings. The highest BCUT2D eigenvalue weighted by Crippen LogP contribution is 2.40. The van der Waals surface area contributed by atoms with Crippen LogP contribution >= 0.6 is 11.3 Å². The molecule has 0 aliphatic carbocycles. The number of carbonyl (C=O) groups excluding carboxylic acids is 2. The second-order valence-electron chi connectivity index (χ2n) is 8.29. The van der Waals surface area contributed by atoms with Crippen molar-refractivity contribution in [1.82, 2.24) is 5.32 Å². The molecule has 2 aliphatic heterocycles. The van der Waals surface area contributed by atoms with Gasteiger partial charge >= 0.3 is 5.97 Å². The summed E-state index contributed by atoms with van der Waals surface area (Å²) in [5.74, 6) is 0.296. The van der Waals surface area contributed by atoms with Gasteiger partial charge in [-0.2, -0.15) is 0 Å². The van der Waals surface area contributed by atoms with Gasteiger partial charge in [-0.15, -0.1) is 11.3 Å². The molecule has 0 bridgehead atoms. The van der Waals surface area contributed by atoms with Crippen molar-refractivity contribution in [3.63, 3.8) is 0 Å². The fraction of sp³-hybridized carbons (Fsp3) is 0.280. The van der Waals surface area contributed by atoms with Crippen LogP contribution in [-0.2, 0) is 13.0 Å². The minimum atomic E-state index is -0.450. The van der Waals surface area contributed by atoms with Crippen molar-refractivity contribution in [2.75, 3.05) is 25.5 Å². The smallest absolute Gasteiger partial charge is 0.343 e. The van der Waals surface area contributed by atoms with Crippen LogP contribution in [0.1, 0.15) is 49.8 Å². The largest absolute Gasteiger partial charge is 0.490 e. The van der Waals surface area contributed by atoms with Gasteiger partial charge in [0.05, 0.1) is 36.2 Å². The van der Waals surface area contributed by atoms with Gasteiger partial charge in [0.1, 0.15) is 17.7 Å². The minimum absolute atomic E-state index is 0.0525. The summed E-state index contributed by atoms with van der Waals surface area (Å²) >= 11 is 1.67. The number of amides is 1. The number of fused-ring (bicyclic) bond motifs is 3. The van der Waals surface area contributed by atoms with Crippen LogP contribution < -0.4 is 25.0 Å². The molecule has 0 saturated carbocycles. The van der Waals surface area contributed by atoms with Crippen molar-refractivity contribution in [3.05, 3.63) is 75.7 Å². The molecule has 2 aromatic carbocycles. The topological polar surface area (TPSA) is 81.1 Å². The zero-order chi connectivity index (χ0) is 22.9. The van der Waals surface area contributed by atoms with E-state index in [1.807, 2.05) is 25.1 Å². The lowest BCUT2D eigenvalue weighted by Gasteiger charge is -2.27. The third kappa shape index (κ3) is 4.19. The van der Waals surface area contributed by atoms with E-state index < -0.39 is 12.1 Å². The summed E-state index contributed by atoms with van der Waals surface area (Å²) in [6, 6.07) is 14.2. The van der Waals surface area contributed by atoms with Crippen molar-refractivity contribution in [2.24, 2.45) is 0 Å². The Bertz CT molecular complexity index is 1210. The minimum Gasteiger partial charge on any atom is -0.490 e. The summed E-state index contributed by atoms with van der Waals surface area (Å²) in [6.07, 6.45) is 0.524. The van der Waals surface area contributed by atoms with Crippen molar-refractivity contribution >= 4 is 28.2 Å². The number of quaternary nitrogens is 1. The first-order valence-electron chi connectivity index (χ1n) is 11.1. The standard InChI is InChI=1S/C25H25N3O4S/c1-3-31-19-13-16(9-10-18(19)32-25(30)15-7-5-4-6-8-15)22-26-23(29)21-17-11-12-28(2)14-20(17)33-24(21)27-22/h4-10,13,22,27H,3,11-12,14H2,1-2H3,(H,26,29)/p+1/t22-/m0/s1. The molecule has 7 nitrogen and oxygen atoms in total. The fourth-order valence-electron chi connectivity index (χ4n) is 4.29. The highest BCUT2D eigenvalue weighted by atomic mass is 32.1. The van der Waals surface area contributed by atoms with Crippen LogP contribution in [0.2, 0.25) is 0 Å². The van der Waals surface area contributed by atoms with Crippen LogP contribution in [0.3, 0.4) is 0 Å². The van der Waals surface area contributed by atoms with Crippen LogP contribution in [0.15, 0.2) is 48.5 Å². The lowest BCUT2D eigenvalue weighted by molar-refractivity contribution is -0.895. The van der Waals surface area contributed by atoms with Gasteiger partial charge in [0, 0.05) is 6.42 Å². The van der Waals surface area contributed by atoms with Gasteiger partial charge in [0.25, 0.3) is 5.91 Å². The zero-order valence-corrected chi connectivity index (χ0v) is 19.4. The Kier molecular flexibility index (Phi) is 5.78. The molecule has 33 heavy (non-hydrogen) atoms. The third-order valence-electron chi connectivity index (χ3n) is 5.95. The average Bonchev–Trinajstić information content (AvgIpc) is 3.18. The van der Waals surface area contributed by atoms with Crippen molar-refractivity contribution < 1.29 is 24.0 Å². The van der Waals surface area contributed by atoms with E-state index in [0.717, 1.165) is 35.6 Å². The van der Waals surface area contributed by atoms with Gasteiger partial charge in [0.2, 0.25) is 0 Å². The molecule has 3 aromatic rings. The van der Waals surface area contributed by atoms with E-state index in [9.17, 15) is 9.59 Å². The number of carbonyl (C=O) groups is 2. The van der Waals surface area contributed by atoms with Gasteiger partial charge in [-0.3, -0.25) is 4.79 Å². The van der Waals surface area contributed by atoms with Crippen LogP contribution in [0.4, 0.5) is 5.00 Å². The number of hydrogen-bond donors (Lipinski definition) is 3. The maximum atomic E-state index is 13.0. The molecule has 1 aromatic heterocycles. The number of ether oxygens (including phenoxy) is 2. The van der Waals surface area contributed by atoms with Crippen LogP contribution in [-0.4, -0.2) is 32.1 Å². The normalized spacial score (nSPS) is 19.0. The second-order valence-corrected chi connectivity index (χ2v) is 9.39. The first kappa shape index (κ1) is 21.5. The monoisotopic (exact) mass is 464 g/mol. The summed E-state index contributed by atoms with van der Waals surface area (Å²) in [5, 5.41) is 7.48.